The van der Waals surface area contributed by atoms with Crippen LogP contribution in [-0.4, -0.2) is 34.2 Å². The van der Waals surface area contributed by atoms with Crippen LogP contribution < -0.4 is 10.6 Å². The second-order valence-electron chi connectivity index (χ2n) is 17.8. The van der Waals surface area contributed by atoms with Crippen LogP contribution in [0.3, 0.4) is 0 Å². The van der Waals surface area contributed by atoms with Crippen molar-refractivity contribution in [1.82, 2.24) is 15.5 Å². The largest absolute Gasteiger partial charge is 0.392 e. The highest BCUT2D eigenvalue weighted by molar-refractivity contribution is 5.75. The smallest absolute Gasteiger partial charge is 0.315 e. The Kier molecular flexibility index (Phi) is 11.5. The maximum Gasteiger partial charge on any atom is 0.315 e. The second-order valence-corrected chi connectivity index (χ2v) is 17.8. The van der Waals surface area contributed by atoms with Gasteiger partial charge in [-0.25, -0.2) is 4.79 Å². The minimum atomic E-state index is -0.559. The molecule has 0 radical (unpaired) electrons. The summed E-state index contributed by atoms with van der Waals surface area (Å²) in [5, 5.41) is 16.4. The van der Waals surface area contributed by atoms with Crippen molar-refractivity contribution in [3.8, 4) is 11.1 Å². The van der Waals surface area contributed by atoms with Crippen molar-refractivity contribution in [2.24, 2.45) is 23.7 Å². The van der Waals surface area contributed by atoms with Crippen molar-refractivity contribution < 1.29 is 19.4 Å². The van der Waals surface area contributed by atoms with E-state index in [0.29, 0.717) is 6.54 Å². The molecular weight excluding hydrogens is 719 g/mol. The number of amides is 2. The van der Waals surface area contributed by atoms with E-state index in [1.54, 1.807) is 0 Å². The lowest BCUT2D eigenvalue weighted by Gasteiger charge is -2.56. The molecule has 4 bridgehead atoms. The minimum absolute atomic E-state index is 0.000505. The molecule has 1 heterocycles. The predicted molar refractivity (Wildman–Crippen MR) is 228 cm³/mol. The first-order chi connectivity index (χ1) is 28.4. The highest BCUT2D eigenvalue weighted by Crippen LogP contribution is 2.55. The van der Waals surface area contributed by atoms with Gasteiger partial charge in [0.1, 0.15) is 0 Å². The SMILES string of the molecule is C[C@@H]1[C@H](CN(Cc2ccccc2)Cc2ccccc2)O[C@H](c2ccc(-c3cccc(CNC(=O)NC45CC6CC(CC(C6)C4)C5)c3)cc2)O[C@@H]1c1ccc(CO)cc1. The number of carbonyl (C=O) groups excluding carboxylic acids is 1. The number of nitrogens with zero attached hydrogens (tertiary/aromatic N) is 1. The van der Waals surface area contributed by atoms with E-state index in [9.17, 15) is 9.90 Å². The molecule has 0 spiro atoms. The topological polar surface area (TPSA) is 83.1 Å². The van der Waals surface area contributed by atoms with Gasteiger partial charge in [-0.3, -0.25) is 4.90 Å². The van der Waals surface area contributed by atoms with Gasteiger partial charge in [0.15, 0.2) is 6.29 Å². The van der Waals surface area contributed by atoms with Crippen molar-refractivity contribution in [1.29, 1.82) is 0 Å². The zero-order chi connectivity index (χ0) is 39.5. The van der Waals surface area contributed by atoms with Crippen LogP contribution in [0.2, 0.25) is 0 Å². The highest BCUT2D eigenvalue weighted by Gasteiger charge is 2.51. The Morgan fingerprint density at radius 1 is 0.672 bits per heavy atom. The summed E-state index contributed by atoms with van der Waals surface area (Å²) in [7, 11) is 0. The fraction of sp³-hybridized carbons (Fsp3) is 0.392. The number of nitrogens with one attached hydrogen (secondary N) is 2. The molecule has 5 aromatic carbocycles. The lowest BCUT2D eigenvalue weighted by Crippen LogP contribution is -2.61. The molecule has 1 aliphatic heterocycles. The summed E-state index contributed by atoms with van der Waals surface area (Å²) in [5.41, 5.74) is 8.72. The molecule has 5 fully saturated rings. The molecule has 0 unspecified atom stereocenters. The third-order valence-electron chi connectivity index (χ3n) is 13.4. The van der Waals surface area contributed by atoms with Gasteiger partial charge in [-0.15, -0.1) is 0 Å². The summed E-state index contributed by atoms with van der Waals surface area (Å²) < 4.78 is 13.8. The summed E-state index contributed by atoms with van der Waals surface area (Å²) in [6, 6.07) is 46.3. The van der Waals surface area contributed by atoms with Crippen LogP contribution in [0, 0.1) is 23.7 Å². The van der Waals surface area contributed by atoms with E-state index < -0.39 is 6.29 Å². The molecule has 3 N–H and O–H groups in total. The molecule has 2 amide bonds. The Morgan fingerprint density at radius 2 is 1.26 bits per heavy atom. The zero-order valence-corrected chi connectivity index (χ0v) is 33.6. The summed E-state index contributed by atoms with van der Waals surface area (Å²) in [4.78, 5) is 15.7. The highest BCUT2D eigenvalue weighted by atomic mass is 16.7. The Bertz CT molecular complexity index is 2050. The quantitative estimate of drug-likeness (QED) is 0.111. The van der Waals surface area contributed by atoms with Crippen LogP contribution in [0.4, 0.5) is 4.79 Å². The number of carbonyl (C=O) groups is 1. The molecule has 1 saturated heterocycles. The van der Waals surface area contributed by atoms with Crippen molar-refractivity contribution in [2.45, 2.75) is 95.7 Å². The second kappa shape index (κ2) is 17.2. The number of benzene rings is 5. The van der Waals surface area contributed by atoms with E-state index in [2.05, 4.69) is 144 Å². The Morgan fingerprint density at radius 3 is 1.86 bits per heavy atom. The number of rotatable bonds is 13. The summed E-state index contributed by atoms with van der Waals surface area (Å²) in [6.07, 6.45) is 6.66. The normalized spacial score (nSPS) is 27.4. The number of ether oxygens (including phenoxy) is 2. The van der Waals surface area contributed by atoms with Crippen LogP contribution >= 0.6 is 0 Å². The molecule has 4 aliphatic carbocycles. The Labute approximate surface area is 343 Å². The van der Waals surface area contributed by atoms with Gasteiger partial charge >= 0.3 is 6.03 Å². The van der Waals surface area contributed by atoms with Crippen LogP contribution in [0.15, 0.2) is 133 Å². The Balaban J connectivity index is 0.902. The molecule has 4 atom stereocenters. The van der Waals surface area contributed by atoms with Gasteiger partial charge in [0, 0.05) is 43.2 Å². The van der Waals surface area contributed by atoms with Crippen LogP contribution in [0.1, 0.15) is 91.2 Å². The third kappa shape index (κ3) is 8.93. The molecule has 10 rings (SSSR count). The van der Waals surface area contributed by atoms with Crippen molar-refractivity contribution >= 4 is 6.03 Å². The van der Waals surface area contributed by atoms with Gasteiger partial charge in [-0.2, -0.15) is 0 Å². The first-order valence-electron chi connectivity index (χ1n) is 21.4. The maximum atomic E-state index is 13.2. The minimum Gasteiger partial charge on any atom is -0.392 e. The third-order valence-corrected chi connectivity index (χ3v) is 13.4. The average molecular weight is 776 g/mol. The first-order valence-corrected chi connectivity index (χ1v) is 21.4. The molecule has 5 aliphatic rings. The van der Waals surface area contributed by atoms with E-state index in [0.717, 1.165) is 90.0 Å². The average Bonchev–Trinajstić information content (AvgIpc) is 3.24. The van der Waals surface area contributed by atoms with Gasteiger partial charge in [0.05, 0.1) is 18.8 Å². The fourth-order valence-electron chi connectivity index (χ4n) is 10.9. The zero-order valence-electron chi connectivity index (χ0n) is 33.6. The number of aliphatic hydroxyl groups excluding tert-OH is 1. The van der Waals surface area contributed by atoms with Crippen molar-refractivity contribution in [3.63, 3.8) is 0 Å². The molecule has 4 saturated carbocycles. The summed E-state index contributed by atoms with van der Waals surface area (Å²) in [6.45, 7) is 5.06. The van der Waals surface area contributed by atoms with Crippen molar-refractivity contribution in [2.75, 3.05) is 6.54 Å². The number of hydrogen-bond donors (Lipinski definition) is 3. The molecule has 58 heavy (non-hydrogen) atoms. The molecule has 300 valence electrons. The first kappa shape index (κ1) is 38.7. The van der Waals surface area contributed by atoms with Crippen LogP contribution in [0.5, 0.6) is 0 Å². The van der Waals surface area contributed by atoms with Crippen molar-refractivity contribution in [3.05, 3.63) is 167 Å². The van der Waals surface area contributed by atoms with Gasteiger partial charge in [-0.1, -0.05) is 134 Å². The lowest BCUT2D eigenvalue weighted by molar-refractivity contribution is -0.276. The predicted octanol–water partition coefficient (Wildman–Crippen LogP) is 10.1. The van der Waals surface area contributed by atoms with E-state index in [-0.39, 0.29) is 36.3 Å². The summed E-state index contributed by atoms with van der Waals surface area (Å²) >= 11 is 0. The fourth-order valence-corrected chi connectivity index (χ4v) is 10.9. The molecule has 7 heteroatoms. The molecule has 7 nitrogen and oxygen atoms in total. The number of urea groups is 1. The lowest BCUT2D eigenvalue weighted by atomic mass is 9.53. The van der Waals surface area contributed by atoms with Gasteiger partial charge in [0.2, 0.25) is 0 Å². The van der Waals surface area contributed by atoms with Gasteiger partial charge in [0.25, 0.3) is 0 Å². The molecule has 0 aromatic heterocycles. The number of hydrogen-bond acceptors (Lipinski definition) is 5. The van der Waals surface area contributed by atoms with Gasteiger partial charge < -0.3 is 25.2 Å². The molecule has 5 aromatic rings. The van der Waals surface area contributed by atoms with Crippen LogP contribution in [-0.2, 0) is 35.7 Å². The van der Waals surface area contributed by atoms with E-state index in [1.807, 2.05) is 12.1 Å². The standard InChI is InChI=1S/C51H57N3O4/c1-35-47(33-54(31-36-9-4-2-5-10-36)32-37-11-6-3-7-12-37)57-49(58-48(35)44-17-15-38(34-55)16-18-44)45-21-19-43(20-22-45)46-14-8-13-39(26-46)30-52-50(56)53-51-27-40-23-41(28-51)25-42(24-40)29-51/h2-22,26,35,40-42,47-49,55H,23-25,27-34H2,1H3,(H2,52,53,56)/t35-,40?,41?,42?,47+,48+,49+,51?/m1/s1. The van der Waals surface area contributed by atoms with E-state index in [1.165, 1.54) is 30.4 Å². The summed E-state index contributed by atoms with van der Waals surface area (Å²) in [5.74, 6) is 2.45. The van der Waals surface area contributed by atoms with E-state index in [4.69, 9.17) is 9.47 Å². The Hall–Kier alpha value is -4.79. The maximum absolute atomic E-state index is 13.2. The number of aliphatic hydroxyl groups is 1. The van der Waals surface area contributed by atoms with E-state index >= 15 is 0 Å². The van der Waals surface area contributed by atoms with Gasteiger partial charge in [-0.05, 0) is 101 Å². The molecular formula is C51H57N3O4. The monoisotopic (exact) mass is 775 g/mol. The van der Waals surface area contributed by atoms with Crippen LogP contribution in [0.25, 0.3) is 11.1 Å².